The second kappa shape index (κ2) is 7.79. The van der Waals surface area contributed by atoms with E-state index in [2.05, 4.69) is 9.97 Å². The molecule has 11 heteroatoms. The molecule has 0 fully saturated rings. The van der Waals surface area contributed by atoms with E-state index in [0.29, 0.717) is 32.3 Å². The lowest BCUT2D eigenvalue weighted by molar-refractivity contribution is 0.0982. The Morgan fingerprint density at radius 3 is 2.74 bits per heavy atom. The minimum absolute atomic E-state index is 0.0106. The van der Waals surface area contributed by atoms with Crippen LogP contribution >= 0.6 is 0 Å². The number of hydrogen-bond acceptors (Lipinski definition) is 6. The highest BCUT2D eigenvalue weighted by Crippen LogP contribution is 2.44. The minimum Gasteiger partial charge on any atom is -0.463 e. The summed E-state index contributed by atoms with van der Waals surface area (Å²) in [6, 6.07) is 8.69. The topological polar surface area (TPSA) is 100.0 Å². The maximum Gasteiger partial charge on any atom is 0.267 e. The molecule has 0 atom stereocenters. The smallest absolute Gasteiger partial charge is 0.267 e. The number of pyridine rings is 1. The molecule has 38 heavy (non-hydrogen) atoms. The average molecular weight is 506 g/mol. The van der Waals surface area contributed by atoms with Gasteiger partial charge in [-0.05, 0) is 24.3 Å². The molecule has 0 saturated heterocycles. The van der Waals surface area contributed by atoms with Crippen molar-refractivity contribution in [2.75, 3.05) is 0 Å². The lowest BCUT2D eigenvalue weighted by Crippen LogP contribution is -2.26. The van der Waals surface area contributed by atoms with E-state index in [1.54, 1.807) is 12.3 Å². The number of carbonyl (C=O) groups excluding carboxylic acids is 2. The molecule has 2 radical (unpaired) electrons. The number of halogens is 2. The molecule has 4 aromatic heterocycles. The standard InChI is InChI=1S/C27H13BF2N4O4/c28-27(37)34-11-32-18-7-16(29)12(6-15(18)26(34)36)10-33-20-8-17(30)13-3-5-38-25(13)23(20)22-14-2-1-4-31-19(14)9-21(35)24(22)33/h1-8,11H,9-10H2. The van der Waals surface area contributed by atoms with E-state index in [0.717, 1.165) is 12.4 Å². The van der Waals surface area contributed by atoms with Gasteiger partial charge in [-0.25, -0.2) is 18.3 Å². The van der Waals surface area contributed by atoms with E-state index in [-0.39, 0.29) is 51.9 Å². The quantitative estimate of drug-likeness (QED) is 0.324. The SMILES string of the molecule is [B]C(=O)n1cnc2cc(F)c(Cn3c4c(c5c6occc6c(F)cc53)-c3cccnc3CC4=O)cc2c1=O. The van der Waals surface area contributed by atoms with E-state index in [9.17, 15) is 14.4 Å². The molecule has 0 aliphatic heterocycles. The van der Waals surface area contributed by atoms with Crippen molar-refractivity contribution < 1.29 is 22.8 Å². The van der Waals surface area contributed by atoms with E-state index in [1.165, 1.54) is 29.0 Å². The van der Waals surface area contributed by atoms with Gasteiger partial charge in [0.1, 0.15) is 23.5 Å². The fourth-order valence-corrected chi connectivity index (χ4v) is 5.30. The molecular weight excluding hydrogens is 493 g/mol. The van der Waals surface area contributed by atoms with Crippen LogP contribution in [-0.4, -0.2) is 38.5 Å². The molecule has 0 N–H and O–H groups in total. The van der Waals surface area contributed by atoms with Crippen molar-refractivity contribution in [3.63, 3.8) is 0 Å². The second-order valence-corrected chi connectivity index (χ2v) is 9.04. The number of furan rings is 1. The van der Waals surface area contributed by atoms with Crippen molar-refractivity contribution in [3.05, 3.63) is 94.1 Å². The lowest BCUT2D eigenvalue weighted by Gasteiger charge is -2.18. The van der Waals surface area contributed by atoms with Gasteiger partial charge in [0, 0.05) is 29.0 Å². The van der Waals surface area contributed by atoms with Crippen molar-refractivity contribution in [2.45, 2.75) is 13.0 Å². The zero-order valence-corrected chi connectivity index (χ0v) is 19.4. The van der Waals surface area contributed by atoms with E-state index < -0.39 is 23.0 Å². The van der Waals surface area contributed by atoms with Crippen molar-refractivity contribution in [2.24, 2.45) is 0 Å². The summed E-state index contributed by atoms with van der Waals surface area (Å²) in [5, 5.41) is 0.715. The average Bonchev–Trinajstić information content (AvgIpc) is 3.49. The second-order valence-electron chi connectivity index (χ2n) is 9.04. The molecule has 0 unspecified atom stereocenters. The molecule has 0 amide bonds. The summed E-state index contributed by atoms with van der Waals surface area (Å²) in [5.74, 6) is -2.57. The number of hydrogen-bond donors (Lipinski definition) is 0. The summed E-state index contributed by atoms with van der Waals surface area (Å²) in [5.41, 5.74) is 1.93. The molecule has 0 saturated carbocycles. The van der Waals surface area contributed by atoms with Gasteiger partial charge in [-0.15, -0.1) is 0 Å². The van der Waals surface area contributed by atoms with Crippen LogP contribution in [0.2, 0.25) is 0 Å². The van der Waals surface area contributed by atoms with Gasteiger partial charge in [-0.1, -0.05) is 6.07 Å². The first-order valence-corrected chi connectivity index (χ1v) is 11.5. The number of ketones is 1. The molecule has 1 aliphatic carbocycles. The molecular formula is C27H13BF2N4O4. The van der Waals surface area contributed by atoms with E-state index in [4.69, 9.17) is 12.3 Å². The Morgan fingerprint density at radius 1 is 1.08 bits per heavy atom. The fourth-order valence-electron chi connectivity index (χ4n) is 5.30. The molecule has 0 spiro atoms. The predicted octanol–water partition coefficient (Wildman–Crippen LogP) is 4.36. The summed E-state index contributed by atoms with van der Waals surface area (Å²) in [6.45, 7) is -0.217. The van der Waals surface area contributed by atoms with Gasteiger partial charge < -0.3 is 8.98 Å². The van der Waals surface area contributed by atoms with Gasteiger partial charge >= 0.3 is 0 Å². The Labute approximate surface area is 212 Å². The molecule has 8 nitrogen and oxygen atoms in total. The Morgan fingerprint density at radius 2 is 1.92 bits per heavy atom. The van der Waals surface area contributed by atoms with E-state index in [1.807, 2.05) is 6.07 Å². The van der Waals surface area contributed by atoms with Crippen molar-refractivity contribution >= 4 is 52.2 Å². The van der Waals surface area contributed by atoms with Crippen molar-refractivity contribution in [3.8, 4) is 11.1 Å². The molecule has 0 bridgehead atoms. The van der Waals surface area contributed by atoms with Crippen LogP contribution in [0, 0.1) is 11.6 Å². The number of aromatic nitrogens is 4. The van der Waals surface area contributed by atoms with Crippen LogP contribution in [-0.2, 0) is 13.0 Å². The summed E-state index contributed by atoms with van der Waals surface area (Å²) in [7, 11) is 5.25. The lowest BCUT2D eigenvalue weighted by atomic mass is 9.90. The first kappa shape index (κ1) is 22.3. The van der Waals surface area contributed by atoms with Gasteiger partial charge in [0.05, 0.1) is 57.8 Å². The van der Waals surface area contributed by atoms with Gasteiger partial charge in [0.15, 0.2) is 11.6 Å². The van der Waals surface area contributed by atoms with Crippen molar-refractivity contribution in [1.82, 2.24) is 19.1 Å². The minimum atomic E-state index is -1.03. The molecule has 1 aliphatic rings. The number of rotatable bonds is 2. The Hall–Kier alpha value is -4.93. The van der Waals surface area contributed by atoms with Gasteiger partial charge in [0.2, 0.25) is 7.85 Å². The van der Waals surface area contributed by atoms with E-state index >= 15 is 8.78 Å². The third kappa shape index (κ3) is 2.98. The molecule has 4 heterocycles. The Kier molecular flexibility index (Phi) is 4.57. The first-order chi connectivity index (χ1) is 18.3. The van der Waals surface area contributed by atoms with Gasteiger partial charge in [0.25, 0.3) is 5.56 Å². The summed E-state index contributed by atoms with van der Waals surface area (Å²) in [6.07, 6.45) is 3.90. The zero-order chi connectivity index (χ0) is 26.3. The largest absolute Gasteiger partial charge is 0.463 e. The third-order valence-electron chi connectivity index (χ3n) is 6.96. The summed E-state index contributed by atoms with van der Waals surface area (Å²) in [4.78, 5) is 46.2. The normalized spacial score (nSPS) is 12.8. The van der Waals surface area contributed by atoms with Crippen LogP contribution in [0.15, 0.2) is 64.4 Å². The highest BCUT2D eigenvalue weighted by atomic mass is 19.1. The number of carbonyl (C=O) groups is 2. The molecule has 6 aromatic rings. The fraction of sp³-hybridized carbons (Fsp3) is 0.0741. The maximum absolute atomic E-state index is 15.3. The van der Waals surface area contributed by atoms with Crippen LogP contribution in [0.3, 0.4) is 0 Å². The Bertz CT molecular complexity index is 2090. The zero-order valence-electron chi connectivity index (χ0n) is 19.4. The highest BCUT2D eigenvalue weighted by molar-refractivity contribution is 6.57. The summed E-state index contributed by atoms with van der Waals surface area (Å²) < 4.78 is 38.3. The number of fused-ring (bicyclic) bond motifs is 8. The maximum atomic E-state index is 15.3. The monoisotopic (exact) mass is 506 g/mol. The third-order valence-corrected chi connectivity index (χ3v) is 6.96. The number of Topliss-reactive ketones (excluding diaryl/α,β-unsaturated/α-hetero) is 1. The van der Waals surface area contributed by atoms with Gasteiger partial charge in [-0.3, -0.25) is 19.4 Å². The van der Waals surface area contributed by atoms with Crippen LogP contribution < -0.4 is 5.56 Å². The highest BCUT2D eigenvalue weighted by Gasteiger charge is 2.33. The molecule has 2 aromatic carbocycles. The Balaban J connectivity index is 1.55. The van der Waals surface area contributed by atoms with Crippen molar-refractivity contribution in [1.29, 1.82) is 0 Å². The van der Waals surface area contributed by atoms with Gasteiger partial charge in [-0.2, -0.15) is 0 Å². The number of benzene rings is 2. The first-order valence-electron chi connectivity index (χ1n) is 11.5. The summed E-state index contributed by atoms with van der Waals surface area (Å²) >= 11 is 0. The van der Waals surface area contributed by atoms with Crippen LogP contribution in [0.4, 0.5) is 13.6 Å². The van der Waals surface area contributed by atoms with Crippen LogP contribution in [0.25, 0.3) is 43.9 Å². The molecule has 7 rings (SSSR count). The van der Waals surface area contributed by atoms with Crippen LogP contribution in [0.1, 0.15) is 21.7 Å². The molecule has 182 valence electrons. The van der Waals surface area contributed by atoms with Crippen LogP contribution in [0.5, 0.6) is 0 Å². The number of nitrogens with zero attached hydrogens (tertiary/aromatic N) is 4. The predicted molar refractivity (Wildman–Crippen MR) is 135 cm³/mol.